The average molecular weight is 432 g/mol. The molecule has 0 fully saturated rings. The Morgan fingerprint density at radius 3 is 2.72 bits per heavy atom. The summed E-state index contributed by atoms with van der Waals surface area (Å²) in [5.74, 6) is -0.646. The first kappa shape index (κ1) is 20.3. The zero-order chi connectivity index (χ0) is 21.2. The third-order valence-corrected chi connectivity index (χ3v) is 5.23. The Morgan fingerprint density at radius 2 is 2.10 bits per heavy atom. The van der Waals surface area contributed by atoms with Gasteiger partial charge in [0.2, 0.25) is 15.9 Å². The van der Waals surface area contributed by atoms with Crippen molar-refractivity contribution in [2.75, 3.05) is 5.32 Å². The summed E-state index contributed by atoms with van der Waals surface area (Å²) in [6, 6.07) is 10.4. The van der Waals surface area contributed by atoms with E-state index in [0.29, 0.717) is 0 Å². The third kappa shape index (κ3) is 4.55. The van der Waals surface area contributed by atoms with Gasteiger partial charge in [-0.05, 0) is 30.3 Å². The van der Waals surface area contributed by atoms with Crippen LogP contribution in [0.15, 0.2) is 53.7 Å². The zero-order valence-electron chi connectivity index (χ0n) is 14.7. The van der Waals surface area contributed by atoms with E-state index < -0.39 is 15.9 Å². The molecule has 0 spiro atoms. The summed E-state index contributed by atoms with van der Waals surface area (Å²) in [6.07, 6.45) is 2.41. The minimum absolute atomic E-state index is 0.121. The van der Waals surface area contributed by atoms with Gasteiger partial charge in [-0.2, -0.15) is 10.4 Å². The van der Waals surface area contributed by atoms with E-state index in [4.69, 9.17) is 22.0 Å². The number of rotatable bonds is 5. The lowest BCUT2D eigenvalue weighted by atomic mass is 10.1. The smallest absolute Gasteiger partial charge is 0.240 e. The number of primary sulfonamides is 1. The number of hydrogen-bond donors (Lipinski definition) is 3. The lowest BCUT2D eigenvalue weighted by molar-refractivity contribution is -0.115. The maximum absolute atomic E-state index is 12.3. The van der Waals surface area contributed by atoms with Crippen LogP contribution in [0.25, 0.3) is 5.69 Å². The molecular weight excluding hydrogens is 418 g/mol. The molecule has 1 aromatic heterocycles. The molecular formula is C18H14ClN5O4S. The Labute approximate surface area is 171 Å². The Morgan fingerprint density at radius 1 is 1.34 bits per heavy atom. The highest BCUT2D eigenvalue weighted by atomic mass is 35.5. The number of nitrogens with two attached hydrogens (primary N) is 1. The fourth-order valence-corrected chi connectivity index (χ4v) is 3.59. The van der Waals surface area contributed by atoms with E-state index in [1.54, 1.807) is 6.07 Å². The fourth-order valence-electron chi connectivity index (χ4n) is 2.61. The predicted molar refractivity (Wildman–Crippen MR) is 105 cm³/mol. The molecule has 3 aromatic rings. The summed E-state index contributed by atoms with van der Waals surface area (Å²) in [4.78, 5) is 12.0. The molecule has 1 heterocycles. The van der Waals surface area contributed by atoms with Crippen LogP contribution in [0.3, 0.4) is 0 Å². The summed E-state index contributed by atoms with van der Waals surface area (Å²) < 4.78 is 25.3. The summed E-state index contributed by atoms with van der Waals surface area (Å²) >= 11 is 6.00. The number of nitriles is 1. The molecule has 0 aliphatic rings. The molecule has 0 atom stereocenters. The van der Waals surface area contributed by atoms with Crippen molar-refractivity contribution in [2.45, 2.75) is 11.3 Å². The maximum atomic E-state index is 12.3. The third-order valence-electron chi connectivity index (χ3n) is 3.94. The molecule has 11 heteroatoms. The second-order valence-corrected chi connectivity index (χ2v) is 7.91. The number of nitrogens with zero attached hydrogens (tertiary/aromatic N) is 3. The van der Waals surface area contributed by atoms with E-state index in [1.165, 1.54) is 47.4 Å². The Balaban J connectivity index is 1.91. The molecule has 29 heavy (non-hydrogen) atoms. The normalized spacial score (nSPS) is 11.1. The molecule has 0 saturated heterocycles. The van der Waals surface area contributed by atoms with Crippen LogP contribution in [0.2, 0.25) is 5.02 Å². The number of carbonyl (C=O) groups is 1. The van der Waals surface area contributed by atoms with Gasteiger partial charge in [-0.25, -0.2) is 18.2 Å². The molecule has 9 nitrogen and oxygen atoms in total. The summed E-state index contributed by atoms with van der Waals surface area (Å²) in [5, 5.41) is 30.8. The van der Waals surface area contributed by atoms with Crippen LogP contribution in [0, 0.1) is 11.3 Å². The number of anilines is 1. The Kier molecular flexibility index (Phi) is 5.56. The van der Waals surface area contributed by atoms with Gasteiger partial charge in [-0.15, -0.1) is 0 Å². The number of carbonyl (C=O) groups excluding carboxylic acids is 1. The van der Waals surface area contributed by atoms with E-state index >= 15 is 0 Å². The molecule has 2 aromatic carbocycles. The van der Waals surface area contributed by atoms with Crippen LogP contribution >= 0.6 is 11.6 Å². The van der Waals surface area contributed by atoms with Crippen LogP contribution in [0.5, 0.6) is 5.75 Å². The molecule has 4 N–H and O–H groups in total. The topological polar surface area (TPSA) is 151 Å². The predicted octanol–water partition coefficient (Wildman–Crippen LogP) is 1.93. The van der Waals surface area contributed by atoms with Gasteiger partial charge in [0.1, 0.15) is 16.7 Å². The second kappa shape index (κ2) is 7.92. The van der Waals surface area contributed by atoms with Crippen molar-refractivity contribution in [1.29, 1.82) is 5.26 Å². The minimum atomic E-state index is -4.17. The molecule has 148 valence electrons. The number of phenolic OH excluding ortho intramolecular Hbond substituents is 1. The quantitative estimate of drug-likeness (QED) is 0.561. The average Bonchev–Trinajstić information content (AvgIpc) is 3.13. The first-order chi connectivity index (χ1) is 13.7. The van der Waals surface area contributed by atoms with Gasteiger partial charge >= 0.3 is 0 Å². The van der Waals surface area contributed by atoms with Crippen molar-refractivity contribution in [3.8, 4) is 17.5 Å². The van der Waals surface area contributed by atoms with Crippen LogP contribution in [0.1, 0.15) is 11.1 Å². The van der Waals surface area contributed by atoms with Gasteiger partial charge in [0.05, 0.1) is 23.9 Å². The number of aromatic hydroxyl groups is 1. The zero-order valence-corrected chi connectivity index (χ0v) is 16.3. The molecule has 3 rings (SSSR count). The molecule has 0 unspecified atom stereocenters. The fraction of sp³-hybridized carbons (Fsp3) is 0.0556. The Bertz CT molecular complexity index is 1230. The highest BCUT2D eigenvalue weighted by Gasteiger charge is 2.19. The number of amides is 1. The largest absolute Gasteiger partial charge is 0.508 e. The van der Waals surface area contributed by atoms with Crippen molar-refractivity contribution in [1.82, 2.24) is 9.78 Å². The van der Waals surface area contributed by atoms with E-state index in [2.05, 4.69) is 10.4 Å². The van der Waals surface area contributed by atoms with Gasteiger partial charge in [0, 0.05) is 22.5 Å². The summed E-state index contributed by atoms with van der Waals surface area (Å²) in [5.41, 5.74) is 0.774. The van der Waals surface area contributed by atoms with Crippen LogP contribution < -0.4 is 10.5 Å². The lowest BCUT2D eigenvalue weighted by Crippen LogP contribution is -2.18. The SMILES string of the molecule is N#Cc1cnn(-c2ccc(NC(=O)Cc3c(O)cccc3Cl)cc2S(N)(=O)=O)c1. The van der Waals surface area contributed by atoms with Crippen LogP contribution in [0.4, 0.5) is 5.69 Å². The van der Waals surface area contributed by atoms with Crippen molar-refractivity contribution in [3.63, 3.8) is 0 Å². The number of phenols is 1. The summed E-state index contributed by atoms with van der Waals surface area (Å²) in [7, 11) is -4.17. The van der Waals surface area contributed by atoms with Gasteiger partial charge in [-0.3, -0.25) is 4.79 Å². The van der Waals surface area contributed by atoms with Gasteiger partial charge in [-0.1, -0.05) is 17.7 Å². The number of halogens is 1. The molecule has 0 saturated carbocycles. The van der Waals surface area contributed by atoms with Gasteiger partial charge < -0.3 is 10.4 Å². The van der Waals surface area contributed by atoms with Crippen molar-refractivity contribution in [2.24, 2.45) is 5.14 Å². The molecule has 0 aliphatic heterocycles. The molecule has 1 amide bonds. The van der Waals surface area contributed by atoms with Gasteiger partial charge in [0.15, 0.2) is 0 Å². The highest BCUT2D eigenvalue weighted by Crippen LogP contribution is 2.27. The first-order valence-corrected chi connectivity index (χ1v) is 9.99. The maximum Gasteiger partial charge on any atom is 0.240 e. The number of aromatic nitrogens is 2. The van der Waals surface area contributed by atoms with E-state index in [-0.39, 0.29) is 44.6 Å². The van der Waals surface area contributed by atoms with Crippen molar-refractivity contribution < 1.29 is 18.3 Å². The molecule has 0 radical (unpaired) electrons. The van der Waals surface area contributed by atoms with E-state index in [0.717, 1.165) is 0 Å². The van der Waals surface area contributed by atoms with E-state index in [9.17, 15) is 18.3 Å². The van der Waals surface area contributed by atoms with Crippen molar-refractivity contribution in [3.05, 3.63) is 64.9 Å². The number of hydrogen-bond acceptors (Lipinski definition) is 6. The van der Waals surface area contributed by atoms with E-state index in [1.807, 2.05) is 6.07 Å². The highest BCUT2D eigenvalue weighted by molar-refractivity contribution is 7.89. The lowest BCUT2D eigenvalue weighted by Gasteiger charge is -2.12. The van der Waals surface area contributed by atoms with Crippen LogP contribution in [-0.2, 0) is 21.2 Å². The number of nitrogens with one attached hydrogen (secondary N) is 1. The minimum Gasteiger partial charge on any atom is -0.508 e. The van der Waals surface area contributed by atoms with Gasteiger partial charge in [0.25, 0.3) is 0 Å². The van der Waals surface area contributed by atoms with Crippen LogP contribution in [-0.4, -0.2) is 29.2 Å². The number of sulfonamides is 1. The van der Waals surface area contributed by atoms with Crippen molar-refractivity contribution >= 4 is 33.2 Å². The number of benzene rings is 2. The second-order valence-electron chi connectivity index (χ2n) is 5.98. The molecule has 0 aliphatic carbocycles. The first-order valence-electron chi connectivity index (χ1n) is 8.07. The standard InChI is InChI=1S/C18H14ClN5O4S/c19-14-2-1-3-16(25)13(14)7-18(26)23-12-4-5-15(17(6-12)29(21,27)28)24-10-11(8-20)9-22-24/h1-6,9-10,25H,7H2,(H,23,26)(H2,21,27,28). The monoisotopic (exact) mass is 431 g/mol. The summed E-state index contributed by atoms with van der Waals surface area (Å²) in [6.45, 7) is 0. The molecule has 0 bridgehead atoms. The Hall–Kier alpha value is -3.39.